The Balaban J connectivity index is 1.87. The molecule has 1 saturated heterocycles. The monoisotopic (exact) mass is 320 g/mol. The van der Waals surface area contributed by atoms with E-state index in [9.17, 15) is 9.59 Å². The van der Waals surface area contributed by atoms with Gasteiger partial charge in [-0.15, -0.1) is 0 Å². The van der Waals surface area contributed by atoms with Crippen molar-refractivity contribution >= 4 is 23.3 Å². The Bertz CT molecular complexity index is 524. The predicted molar refractivity (Wildman–Crippen MR) is 88.6 cm³/mol. The molecule has 1 fully saturated rings. The number of nitrogens with zero attached hydrogens (tertiary/aromatic N) is 1. The third-order valence-electron chi connectivity index (χ3n) is 3.64. The van der Waals surface area contributed by atoms with Gasteiger partial charge < -0.3 is 19.7 Å². The number of anilines is 2. The van der Waals surface area contributed by atoms with Gasteiger partial charge >= 0.3 is 5.97 Å². The highest BCUT2D eigenvalue weighted by molar-refractivity contribution is 5.95. The average Bonchev–Trinajstić information content (AvgIpc) is 2.56. The highest BCUT2D eigenvalue weighted by Crippen LogP contribution is 2.19. The summed E-state index contributed by atoms with van der Waals surface area (Å²) in [5.74, 6) is -0.675. The fourth-order valence-electron chi connectivity index (χ4n) is 2.33. The molecule has 1 amide bonds. The fraction of sp³-hybridized carbons (Fsp3) is 0.529. The van der Waals surface area contributed by atoms with Crippen molar-refractivity contribution in [2.45, 2.75) is 32.8 Å². The van der Waals surface area contributed by atoms with E-state index >= 15 is 0 Å². The van der Waals surface area contributed by atoms with Gasteiger partial charge in [-0.1, -0.05) is 6.92 Å². The van der Waals surface area contributed by atoms with Crippen LogP contribution in [0.15, 0.2) is 24.3 Å². The number of amides is 1. The van der Waals surface area contributed by atoms with Crippen molar-refractivity contribution in [1.29, 1.82) is 0 Å². The van der Waals surface area contributed by atoms with E-state index < -0.39 is 6.10 Å². The molecule has 2 rings (SSSR count). The van der Waals surface area contributed by atoms with Crippen LogP contribution in [-0.2, 0) is 19.1 Å². The largest absolute Gasteiger partial charge is 0.453 e. The molecule has 1 aliphatic rings. The molecule has 0 aliphatic carbocycles. The summed E-state index contributed by atoms with van der Waals surface area (Å²) in [6, 6.07) is 7.63. The van der Waals surface area contributed by atoms with Gasteiger partial charge in [-0.3, -0.25) is 9.59 Å². The van der Waals surface area contributed by atoms with Gasteiger partial charge in [0.15, 0.2) is 6.10 Å². The lowest BCUT2D eigenvalue weighted by molar-refractivity contribution is -0.153. The molecule has 1 heterocycles. The number of carbonyl (C=O) groups excluding carboxylic acids is 2. The van der Waals surface area contributed by atoms with Crippen LogP contribution in [0.25, 0.3) is 0 Å². The van der Waals surface area contributed by atoms with Crippen molar-refractivity contribution in [1.82, 2.24) is 0 Å². The third-order valence-corrected chi connectivity index (χ3v) is 3.64. The number of hydrogen-bond acceptors (Lipinski definition) is 5. The molecule has 6 heteroatoms. The van der Waals surface area contributed by atoms with E-state index in [-0.39, 0.29) is 11.9 Å². The molecule has 1 aliphatic heterocycles. The van der Waals surface area contributed by atoms with Crippen LogP contribution in [0, 0.1) is 0 Å². The molecule has 0 radical (unpaired) electrons. The predicted octanol–water partition coefficient (Wildman–Crippen LogP) is 2.19. The van der Waals surface area contributed by atoms with Crippen LogP contribution in [0.5, 0.6) is 0 Å². The van der Waals surface area contributed by atoms with Gasteiger partial charge in [0, 0.05) is 30.9 Å². The first kappa shape index (κ1) is 17.3. The lowest BCUT2D eigenvalue weighted by Crippen LogP contribution is -2.36. The van der Waals surface area contributed by atoms with E-state index in [0.29, 0.717) is 18.5 Å². The van der Waals surface area contributed by atoms with Crippen molar-refractivity contribution in [3.05, 3.63) is 24.3 Å². The molecule has 1 N–H and O–H groups in total. The van der Waals surface area contributed by atoms with Gasteiger partial charge in [0.25, 0.3) is 5.91 Å². The molecule has 0 unspecified atom stereocenters. The highest BCUT2D eigenvalue weighted by Gasteiger charge is 2.17. The molecule has 1 aromatic rings. The number of nitrogens with one attached hydrogen (secondary N) is 1. The number of esters is 1. The van der Waals surface area contributed by atoms with Crippen molar-refractivity contribution in [3.63, 3.8) is 0 Å². The van der Waals surface area contributed by atoms with Crippen LogP contribution in [0.3, 0.4) is 0 Å². The van der Waals surface area contributed by atoms with Crippen LogP contribution < -0.4 is 10.2 Å². The first-order valence-corrected chi connectivity index (χ1v) is 8.03. The van der Waals surface area contributed by atoms with Gasteiger partial charge in [-0.2, -0.15) is 0 Å². The van der Waals surface area contributed by atoms with Crippen molar-refractivity contribution in [2.75, 3.05) is 36.5 Å². The van der Waals surface area contributed by atoms with Crippen LogP contribution >= 0.6 is 0 Å². The standard InChI is InChI=1S/C17H24N2O4/c1-3-4-16(20)23-13(2)17(21)18-14-5-7-15(8-6-14)19-9-11-22-12-10-19/h5-8,13H,3-4,9-12H2,1-2H3,(H,18,21)/t13-/m0/s1. The summed E-state index contributed by atoms with van der Waals surface area (Å²) in [5.41, 5.74) is 1.79. The maximum absolute atomic E-state index is 12.0. The SMILES string of the molecule is CCCC(=O)O[C@@H](C)C(=O)Nc1ccc(N2CCOCC2)cc1. The maximum Gasteiger partial charge on any atom is 0.306 e. The third kappa shape index (κ3) is 5.25. The van der Waals surface area contributed by atoms with Gasteiger partial charge in [0.05, 0.1) is 13.2 Å². The molecule has 1 atom stereocenters. The second-order valence-electron chi connectivity index (χ2n) is 5.52. The smallest absolute Gasteiger partial charge is 0.306 e. The Kier molecular flexibility index (Phi) is 6.40. The first-order chi connectivity index (χ1) is 11.1. The normalized spacial score (nSPS) is 15.8. The number of ether oxygens (including phenoxy) is 2. The summed E-state index contributed by atoms with van der Waals surface area (Å²) < 4.78 is 10.4. The zero-order chi connectivity index (χ0) is 16.7. The number of carbonyl (C=O) groups is 2. The van der Waals surface area contributed by atoms with Crippen LogP contribution in [0.1, 0.15) is 26.7 Å². The minimum absolute atomic E-state index is 0.325. The fourth-order valence-corrected chi connectivity index (χ4v) is 2.33. The van der Waals surface area contributed by atoms with Gasteiger partial charge in [-0.05, 0) is 37.6 Å². The van der Waals surface area contributed by atoms with E-state index in [1.807, 2.05) is 31.2 Å². The summed E-state index contributed by atoms with van der Waals surface area (Å²) in [7, 11) is 0. The molecule has 23 heavy (non-hydrogen) atoms. The minimum Gasteiger partial charge on any atom is -0.453 e. The maximum atomic E-state index is 12.0. The Hall–Kier alpha value is -2.08. The zero-order valence-corrected chi connectivity index (χ0v) is 13.7. The van der Waals surface area contributed by atoms with E-state index in [2.05, 4.69) is 10.2 Å². The number of hydrogen-bond donors (Lipinski definition) is 1. The number of rotatable bonds is 6. The molecular formula is C17H24N2O4. The van der Waals surface area contributed by atoms with Crippen molar-refractivity contribution < 1.29 is 19.1 Å². The summed E-state index contributed by atoms with van der Waals surface area (Å²) in [6.07, 6.45) is 0.232. The van der Waals surface area contributed by atoms with Crippen LogP contribution in [0.4, 0.5) is 11.4 Å². The topological polar surface area (TPSA) is 67.9 Å². The molecule has 0 spiro atoms. The second kappa shape index (κ2) is 8.53. The molecule has 0 saturated carbocycles. The molecule has 0 aromatic heterocycles. The molecule has 0 bridgehead atoms. The van der Waals surface area contributed by atoms with Crippen LogP contribution in [0.2, 0.25) is 0 Å². The van der Waals surface area contributed by atoms with Gasteiger partial charge in [0.2, 0.25) is 0 Å². The van der Waals surface area contributed by atoms with E-state index in [1.54, 1.807) is 6.92 Å². The van der Waals surface area contributed by atoms with Crippen molar-refractivity contribution in [3.8, 4) is 0 Å². The zero-order valence-electron chi connectivity index (χ0n) is 13.7. The molecular weight excluding hydrogens is 296 g/mol. The van der Waals surface area contributed by atoms with E-state index in [4.69, 9.17) is 9.47 Å². The Morgan fingerprint density at radius 1 is 1.26 bits per heavy atom. The van der Waals surface area contributed by atoms with E-state index in [0.717, 1.165) is 32.0 Å². The number of morpholine rings is 1. The Morgan fingerprint density at radius 2 is 1.91 bits per heavy atom. The molecule has 1 aromatic carbocycles. The van der Waals surface area contributed by atoms with Gasteiger partial charge in [0.1, 0.15) is 0 Å². The Labute approximate surface area is 136 Å². The summed E-state index contributed by atoms with van der Waals surface area (Å²) >= 11 is 0. The lowest BCUT2D eigenvalue weighted by atomic mass is 10.2. The first-order valence-electron chi connectivity index (χ1n) is 8.03. The number of benzene rings is 1. The highest BCUT2D eigenvalue weighted by atomic mass is 16.5. The Morgan fingerprint density at radius 3 is 2.52 bits per heavy atom. The molecule has 6 nitrogen and oxygen atoms in total. The van der Waals surface area contributed by atoms with Gasteiger partial charge in [-0.25, -0.2) is 0 Å². The average molecular weight is 320 g/mol. The van der Waals surface area contributed by atoms with Crippen LogP contribution in [-0.4, -0.2) is 44.3 Å². The second-order valence-corrected chi connectivity index (χ2v) is 5.52. The summed E-state index contributed by atoms with van der Waals surface area (Å²) in [5, 5.41) is 2.76. The lowest BCUT2D eigenvalue weighted by Gasteiger charge is -2.28. The van der Waals surface area contributed by atoms with Crippen molar-refractivity contribution in [2.24, 2.45) is 0 Å². The summed E-state index contributed by atoms with van der Waals surface area (Å²) in [6.45, 7) is 6.68. The quantitative estimate of drug-likeness (QED) is 0.814. The van der Waals surface area contributed by atoms with E-state index in [1.165, 1.54) is 0 Å². The summed E-state index contributed by atoms with van der Waals surface area (Å²) in [4.78, 5) is 25.7. The minimum atomic E-state index is -0.798. The molecule has 126 valence electrons.